The normalized spacial score (nSPS) is 27.4. The van der Waals surface area contributed by atoms with Gasteiger partial charge in [0.15, 0.2) is 0 Å². The third-order valence-corrected chi connectivity index (χ3v) is 3.71. The summed E-state index contributed by atoms with van der Waals surface area (Å²) in [5, 5.41) is 6.18. The van der Waals surface area contributed by atoms with Crippen molar-refractivity contribution in [3.8, 4) is 0 Å². The number of nitrogens with one attached hydrogen (secondary N) is 2. The van der Waals surface area contributed by atoms with Crippen LogP contribution in [-0.2, 0) is 15.6 Å². The lowest BCUT2D eigenvalue weighted by molar-refractivity contribution is -0.125. The molecule has 1 fully saturated rings. The summed E-state index contributed by atoms with van der Waals surface area (Å²) in [4.78, 5) is 11.8. The van der Waals surface area contributed by atoms with Crippen LogP contribution in [0.2, 0.25) is 0 Å². The monoisotopic (exact) mass is 246 g/mol. The van der Waals surface area contributed by atoms with E-state index < -0.39 is 10.8 Å². The van der Waals surface area contributed by atoms with Gasteiger partial charge in [0, 0.05) is 35.9 Å². The zero-order valence-electron chi connectivity index (χ0n) is 10.1. The quantitative estimate of drug-likeness (QED) is 0.677. The van der Waals surface area contributed by atoms with Gasteiger partial charge in [-0.3, -0.25) is 9.00 Å². The molecule has 1 aliphatic rings. The highest BCUT2D eigenvalue weighted by molar-refractivity contribution is 7.84. The summed E-state index contributed by atoms with van der Waals surface area (Å²) in [6.07, 6.45) is 3.46. The summed E-state index contributed by atoms with van der Waals surface area (Å²) in [6, 6.07) is 0. The Hall–Kier alpha value is -0.420. The van der Waals surface area contributed by atoms with Crippen LogP contribution in [0.5, 0.6) is 0 Å². The average molecular weight is 246 g/mol. The van der Waals surface area contributed by atoms with E-state index in [1.807, 2.05) is 0 Å². The van der Waals surface area contributed by atoms with Crippen molar-refractivity contribution in [2.24, 2.45) is 11.8 Å². The molecule has 4 nitrogen and oxygen atoms in total. The van der Waals surface area contributed by atoms with Gasteiger partial charge in [-0.05, 0) is 25.3 Å². The molecule has 3 unspecified atom stereocenters. The summed E-state index contributed by atoms with van der Waals surface area (Å²) in [5.74, 6) is 1.49. The SMILES string of the molecule is CC1CNCC(C(=O)NCCCS(C)=O)C1. The van der Waals surface area contributed by atoms with E-state index in [1.54, 1.807) is 6.26 Å². The average Bonchev–Trinajstić information content (AvgIpc) is 2.24. The first-order valence-corrected chi connectivity index (χ1v) is 7.60. The van der Waals surface area contributed by atoms with Crippen molar-refractivity contribution >= 4 is 16.7 Å². The predicted molar refractivity (Wildman–Crippen MR) is 66.7 cm³/mol. The van der Waals surface area contributed by atoms with E-state index in [0.717, 1.165) is 25.9 Å². The summed E-state index contributed by atoms with van der Waals surface area (Å²) >= 11 is 0. The minimum Gasteiger partial charge on any atom is -0.356 e. The molecule has 0 spiro atoms. The maximum atomic E-state index is 11.8. The molecule has 0 saturated carbocycles. The minimum absolute atomic E-state index is 0.107. The Labute approximate surface area is 100 Å². The fraction of sp³-hybridized carbons (Fsp3) is 0.909. The highest BCUT2D eigenvalue weighted by atomic mass is 32.2. The predicted octanol–water partition coefficient (Wildman–Crippen LogP) is 0.117. The van der Waals surface area contributed by atoms with E-state index >= 15 is 0 Å². The van der Waals surface area contributed by atoms with Crippen molar-refractivity contribution in [3.63, 3.8) is 0 Å². The third-order valence-electron chi connectivity index (χ3n) is 2.85. The fourth-order valence-electron chi connectivity index (χ4n) is 1.99. The highest BCUT2D eigenvalue weighted by Crippen LogP contribution is 2.15. The molecule has 0 aromatic rings. The van der Waals surface area contributed by atoms with Crippen molar-refractivity contribution < 1.29 is 9.00 Å². The summed E-state index contributed by atoms with van der Waals surface area (Å²) in [6.45, 7) is 4.60. The van der Waals surface area contributed by atoms with E-state index in [0.29, 0.717) is 18.2 Å². The van der Waals surface area contributed by atoms with Gasteiger partial charge in [0.1, 0.15) is 0 Å². The number of amides is 1. The maximum Gasteiger partial charge on any atom is 0.224 e. The van der Waals surface area contributed by atoms with Crippen LogP contribution in [0.3, 0.4) is 0 Å². The first kappa shape index (κ1) is 13.6. The number of carbonyl (C=O) groups excluding carboxylic acids is 1. The lowest BCUT2D eigenvalue weighted by atomic mass is 9.91. The van der Waals surface area contributed by atoms with Crippen molar-refractivity contribution in [2.75, 3.05) is 31.6 Å². The van der Waals surface area contributed by atoms with Crippen LogP contribution < -0.4 is 10.6 Å². The number of hydrogen-bond donors (Lipinski definition) is 2. The van der Waals surface area contributed by atoms with Crippen molar-refractivity contribution in [1.82, 2.24) is 10.6 Å². The van der Waals surface area contributed by atoms with E-state index in [4.69, 9.17) is 0 Å². The molecule has 16 heavy (non-hydrogen) atoms. The second-order valence-electron chi connectivity index (χ2n) is 4.62. The lowest BCUT2D eigenvalue weighted by Crippen LogP contribution is -2.43. The Kier molecular flexibility index (Phi) is 5.98. The van der Waals surface area contributed by atoms with Crippen LogP contribution in [0.4, 0.5) is 0 Å². The van der Waals surface area contributed by atoms with Crippen LogP contribution in [0, 0.1) is 11.8 Å². The number of hydrogen-bond acceptors (Lipinski definition) is 3. The first-order chi connectivity index (χ1) is 7.59. The van der Waals surface area contributed by atoms with Crippen molar-refractivity contribution in [2.45, 2.75) is 19.8 Å². The molecule has 5 heteroatoms. The van der Waals surface area contributed by atoms with Crippen LogP contribution in [-0.4, -0.2) is 41.8 Å². The van der Waals surface area contributed by atoms with Gasteiger partial charge in [0.05, 0.1) is 5.92 Å². The Morgan fingerprint density at radius 1 is 1.50 bits per heavy atom. The summed E-state index contributed by atoms with van der Waals surface area (Å²) in [5.41, 5.74) is 0. The molecule has 1 amide bonds. The number of piperidine rings is 1. The standard InChI is InChI=1S/C11H22N2O2S/c1-9-6-10(8-12-7-9)11(14)13-4-3-5-16(2)15/h9-10,12H,3-8H2,1-2H3,(H,13,14). The van der Waals surface area contributed by atoms with Gasteiger partial charge in [-0.2, -0.15) is 0 Å². The van der Waals surface area contributed by atoms with E-state index in [-0.39, 0.29) is 11.8 Å². The Bertz CT molecular complexity index is 258. The molecule has 0 aromatic carbocycles. The molecule has 0 aliphatic carbocycles. The lowest BCUT2D eigenvalue weighted by Gasteiger charge is -2.26. The topological polar surface area (TPSA) is 58.2 Å². The minimum atomic E-state index is -0.754. The van der Waals surface area contributed by atoms with E-state index in [2.05, 4.69) is 17.6 Å². The molecule has 1 saturated heterocycles. The van der Waals surface area contributed by atoms with Gasteiger partial charge in [-0.25, -0.2) is 0 Å². The van der Waals surface area contributed by atoms with Gasteiger partial charge in [0.2, 0.25) is 5.91 Å². The molecule has 94 valence electrons. The molecule has 3 atom stereocenters. The molecule has 0 aromatic heterocycles. The third kappa shape index (κ3) is 5.07. The summed E-state index contributed by atoms with van der Waals surface area (Å²) < 4.78 is 10.8. The highest BCUT2D eigenvalue weighted by Gasteiger charge is 2.24. The van der Waals surface area contributed by atoms with Crippen LogP contribution >= 0.6 is 0 Å². The van der Waals surface area contributed by atoms with Crippen molar-refractivity contribution in [1.29, 1.82) is 0 Å². The van der Waals surface area contributed by atoms with Gasteiger partial charge >= 0.3 is 0 Å². The van der Waals surface area contributed by atoms with Crippen LogP contribution in [0.15, 0.2) is 0 Å². The van der Waals surface area contributed by atoms with Gasteiger partial charge in [-0.15, -0.1) is 0 Å². The molecule has 1 rings (SSSR count). The Balaban J connectivity index is 2.16. The Morgan fingerprint density at radius 2 is 2.25 bits per heavy atom. The zero-order valence-corrected chi connectivity index (χ0v) is 10.9. The summed E-state index contributed by atoms with van der Waals surface area (Å²) in [7, 11) is -0.754. The van der Waals surface area contributed by atoms with Crippen molar-refractivity contribution in [3.05, 3.63) is 0 Å². The molecule has 1 heterocycles. The second kappa shape index (κ2) is 7.01. The first-order valence-electron chi connectivity index (χ1n) is 5.88. The molecule has 1 aliphatic heterocycles. The molecular formula is C11H22N2O2S. The van der Waals surface area contributed by atoms with Crippen LogP contribution in [0.25, 0.3) is 0 Å². The largest absolute Gasteiger partial charge is 0.356 e. The van der Waals surface area contributed by atoms with E-state index in [1.165, 1.54) is 0 Å². The van der Waals surface area contributed by atoms with Gasteiger partial charge in [-0.1, -0.05) is 6.92 Å². The number of carbonyl (C=O) groups is 1. The number of rotatable bonds is 5. The molecule has 0 bridgehead atoms. The molecule has 2 N–H and O–H groups in total. The zero-order chi connectivity index (χ0) is 12.0. The Morgan fingerprint density at radius 3 is 2.88 bits per heavy atom. The molecule has 0 radical (unpaired) electrons. The fourth-order valence-corrected chi connectivity index (χ4v) is 2.54. The van der Waals surface area contributed by atoms with Gasteiger partial charge < -0.3 is 10.6 Å². The maximum absolute atomic E-state index is 11.8. The smallest absolute Gasteiger partial charge is 0.224 e. The van der Waals surface area contributed by atoms with Crippen LogP contribution in [0.1, 0.15) is 19.8 Å². The van der Waals surface area contributed by atoms with E-state index in [9.17, 15) is 9.00 Å². The van der Waals surface area contributed by atoms with Gasteiger partial charge in [0.25, 0.3) is 0 Å². The second-order valence-corrected chi connectivity index (χ2v) is 6.17. The molecular weight excluding hydrogens is 224 g/mol.